The molecule has 1 aliphatic heterocycles. The van der Waals surface area contributed by atoms with Crippen LogP contribution in [-0.2, 0) is 6.67 Å². The molecule has 2 nitrogen and oxygen atoms in total. The molecule has 0 aromatic carbocycles. The summed E-state index contributed by atoms with van der Waals surface area (Å²) in [6, 6.07) is 8.55. The predicted molar refractivity (Wildman–Crippen MR) is 64.9 cm³/mol. The average Bonchev–Trinajstić information content (AvgIpc) is 2.49. The van der Waals surface area contributed by atoms with Gasteiger partial charge in [0.15, 0.2) is 6.20 Å². The Bertz CT molecular complexity index is 576. The number of aryl methyl sites for hydroxylation is 2. The van der Waals surface area contributed by atoms with Crippen LogP contribution in [0.5, 0.6) is 0 Å². The Morgan fingerprint density at radius 3 is 2.94 bits per heavy atom. The first kappa shape index (κ1) is 9.40. The van der Waals surface area contributed by atoms with E-state index in [0.29, 0.717) is 0 Å². The van der Waals surface area contributed by atoms with E-state index in [1.165, 1.54) is 22.6 Å². The maximum absolute atomic E-state index is 2.35. The van der Waals surface area contributed by atoms with Gasteiger partial charge in [-0.25, -0.2) is 0 Å². The molecule has 0 radical (unpaired) electrons. The SMILES string of the molecule is Cc1cc(C)n2c1C=Cc1cccc[n+]1C2. The number of nitrogens with zero attached hydrogens (tertiary/aromatic N) is 2. The van der Waals surface area contributed by atoms with Gasteiger partial charge >= 0.3 is 0 Å². The maximum Gasteiger partial charge on any atom is 0.228 e. The fourth-order valence-corrected chi connectivity index (χ4v) is 2.36. The third kappa shape index (κ3) is 1.30. The van der Waals surface area contributed by atoms with Gasteiger partial charge in [0.2, 0.25) is 12.4 Å². The lowest BCUT2D eigenvalue weighted by molar-refractivity contribution is -0.702. The lowest BCUT2D eigenvalue weighted by Crippen LogP contribution is -2.39. The lowest BCUT2D eigenvalue weighted by Gasteiger charge is -2.04. The highest BCUT2D eigenvalue weighted by Crippen LogP contribution is 2.18. The predicted octanol–water partition coefficient (Wildman–Crippen LogP) is 2.38. The molecule has 0 N–H and O–H groups in total. The smallest absolute Gasteiger partial charge is 0.228 e. The topological polar surface area (TPSA) is 8.81 Å². The van der Waals surface area contributed by atoms with Crippen LogP contribution in [0.3, 0.4) is 0 Å². The van der Waals surface area contributed by atoms with E-state index in [9.17, 15) is 0 Å². The van der Waals surface area contributed by atoms with Gasteiger partial charge in [0.25, 0.3) is 0 Å². The van der Waals surface area contributed by atoms with Crippen molar-refractivity contribution in [2.45, 2.75) is 20.5 Å². The number of hydrogen-bond acceptors (Lipinski definition) is 0. The minimum Gasteiger partial charge on any atom is -0.290 e. The van der Waals surface area contributed by atoms with Crippen LogP contribution in [0.1, 0.15) is 22.6 Å². The summed E-state index contributed by atoms with van der Waals surface area (Å²) in [5.41, 5.74) is 5.25. The zero-order valence-electron chi connectivity index (χ0n) is 9.64. The Labute approximate surface area is 95.5 Å². The van der Waals surface area contributed by atoms with Gasteiger partial charge in [0.1, 0.15) is 0 Å². The fraction of sp³-hybridized carbons (Fsp3) is 0.214. The van der Waals surface area contributed by atoms with E-state index in [1.807, 2.05) is 0 Å². The molecule has 0 atom stereocenters. The molecule has 0 spiro atoms. The van der Waals surface area contributed by atoms with Crippen LogP contribution in [0.15, 0.2) is 30.5 Å². The Kier molecular flexibility index (Phi) is 1.96. The summed E-state index contributed by atoms with van der Waals surface area (Å²) < 4.78 is 4.61. The molecule has 2 aromatic heterocycles. The zero-order valence-corrected chi connectivity index (χ0v) is 9.64. The first-order valence-corrected chi connectivity index (χ1v) is 5.59. The molecule has 2 heteroatoms. The zero-order chi connectivity index (χ0) is 11.1. The number of fused-ring (bicyclic) bond motifs is 2. The van der Waals surface area contributed by atoms with Crippen molar-refractivity contribution in [1.82, 2.24) is 4.57 Å². The molecule has 16 heavy (non-hydrogen) atoms. The summed E-state index contributed by atoms with van der Waals surface area (Å²) in [7, 11) is 0. The fourth-order valence-electron chi connectivity index (χ4n) is 2.36. The van der Waals surface area contributed by atoms with E-state index >= 15 is 0 Å². The molecule has 80 valence electrons. The minimum atomic E-state index is 0.901. The minimum absolute atomic E-state index is 0.901. The summed E-state index contributed by atoms with van der Waals surface area (Å²) in [4.78, 5) is 0. The summed E-state index contributed by atoms with van der Waals surface area (Å²) in [5.74, 6) is 0. The second-order valence-corrected chi connectivity index (χ2v) is 4.35. The Balaban J connectivity index is 2.22. The Morgan fingerprint density at radius 1 is 1.19 bits per heavy atom. The van der Waals surface area contributed by atoms with Crippen LogP contribution in [0.25, 0.3) is 12.2 Å². The standard InChI is InChI=1S/C14H15N2/c1-11-9-12(2)16-10-15-8-4-3-5-13(15)6-7-14(11)16/h3-9H,10H2,1-2H3/q+1. The monoisotopic (exact) mass is 211 g/mol. The third-order valence-corrected chi connectivity index (χ3v) is 3.23. The van der Waals surface area contributed by atoms with Gasteiger partial charge < -0.3 is 0 Å². The molecule has 1 aliphatic rings. The van der Waals surface area contributed by atoms with Crippen LogP contribution >= 0.6 is 0 Å². The molecule has 0 saturated carbocycles. The van der Waals surface area contributed by atoms with Crippen LogP contribution in [0, 0.1) is 13.8 Å². The number of hydrogen-bond donors (Lipinski definition) is 0. The molecular weight excluding hydrogens is 196 g/mol. The van der Waals surface area contributed by atoms with Gasteiger partial charge in [-0.2, -0.15) is 4.57 Å². The molecule has 2 aromatic rings. The van der Waals surface area contributed by atoms with E-state index < -0.39 is 0 Å². The van der Waals surface area contributed by atoms with Crippen molar-refractivity contribution in [3.05, 3.63) is 53.1 Å². The molecule has 0 bridgehead atoms. The van der Waals surface area contributed by atoms with E-state index in [0.717, 1.165) is 6.67 Å². The van der Waals surface area contributed by atoms with Crippen LogP contribution in [0.4, 0.5) is 0 Å². The summed E-state index contributed by atoms with van der Waals surface area (Å²) in [6.45, 7) is 5.24. The molecule has 3 heterocycles. The summed E-state index contributed by atoms with van der Waals surface area (Å²) in [5, 5.41) is 0. The van der Waals surface area contributed by atoms with Crippen LogP contribution < -0.4 is 4.57 Å². The second-order valence-electron chi connectivity index (χ2n) is 4.35. The Morgan fingerprint density at radius 2 is 2.06 bits per heavy atom. The maximum atomic E-state index is 2.35. The van der Waals surface area contributed by atoms with Gasteiger partial charge in [0, 0.05) is 29.6 Å². The molecule has 3 rings (SSSR count). The molecule has 0 aliphatic carbocycles. The molecular formula is C14H15N2+. The quantitative estimate of drug-likeness (QED) is 0.505. The van der Waals surface area contributed by atoms with Gasteiger partial charge in [0.05, 0.1) is 0 Å². The highest BCUT2D eigenvalue weighted by Gasteiger charge is 2.16. The van der Waals surface area contributed by atoms with Gasteiger partial charge in [-0.3, -0.25) is 4.57 Å². The van der Waals surface area contributed by atoms with E-state index in [4.69, 9.17) is 0 Å². The molecule has 0 fully saturated rings. The van der Waals surface area contributed by atoms with Gasteiger partial charge in [-0.1, -0.05) is 0 Å². The number of rotatable bonds is 0. The van der Waals surface area contributed by atoms with Crippen molar-refractivity contribution >= 4 is 12.2 Å². The van der Waals surface area contributed by atoms with E-state index in [2.05, 4.69) is 65.6 Å². The molecule has 0 saturated heterocycles. The van der Waals surface area contributed by atoms with Crippen molar-refractivity contribution in [2.24, 2.45) is 0 Å². The Hall–Kier alpha value is -1.83. The highest BCUT2D eigenvalue weighted by molar-refractivity contribution is 5.68. The highest BCUT2D eigenvalue weighted by atomic mass is 15.2. The van der Waals surface area contributed by atoms with Crippen molar-refractivity contribution < 1.29 is 4.57 Å². The van der Waals surface area contributed by atoms with Crippen molar-refractivity contribution in [2.75, 3.05) is 0 Å². The van der Waals surface area contributed by atoms with Gasteiger partial charge in [-0.05, 0) is 37.6 Å². The van der Waals surface area contributed by atoms with Crippen LogP contribution in [0.2, 0.25) is 0 Å². The summed E-state index contributed by atoms with van der Waals surface area (Å²) in [6.07, 6.45) is 6.52. The molecule has 0 unspecified atom stereocenters. The van der Waals surface area contributed by atoms with Crippen molar-refractivity contribution in [3.8, 4) is 0 Å². The van der Waals surface area contributed by atoms with Crippen LogP contribution in [-0.4, -0.2) is 4.57 Å². The lowest BCUT2D eigenvalue weighted by atomic mass is 10.2. The first-order valence-electron chi connectivity index (χ1n) is 5.59. The van der Waals surface area contributed by atoms with E-state index in [-0.39, 0.29) is 0 Å². The van der Waals surface area contributed by atoms with Crippen molar-refractivity contribution in [3.63, 3.8) is 0 Å². The first-order chi connectivity index (χ1) is 7.75. The van der Waals surface area contributed by atoms with Gasteiger partial charge in [-0.15, -0.1) is 0 Å². The third-order valence-electron chi connectivity index (χ3n) is 3.23. The second kappa shape index (κ2) is 3.34. The largest absolute Gasteiger partial charge is 0.290 e. The van der Waals surface area contributed by atoms with Crippen molar-refractivity contribution in [1.29, 1.82) is 0 Å². The van der Waals surface area contributed by atoms with E-state index in [1.54, 1.807) is 0 Å². The normalized spacial score (nSPS) is 13.1. The average molecular weight is 211 g/mol. The number of aromatic nitrogens is 2. The molecule has 0 amide bonds. The number of pyridine rings is 1. The summed E-state index contributed by atoms with van der Waals surface area (Å²) >= 11 is 0.